The van der Waals surface area contributed by atoms with Crippen molar-refractivity contribution in [3.8, 4) is 0 Å². The van der Waals surface area contributed by atoms with Crippen LogP contribution in [-0.2, 0) is 11.2 Å². The topological polar surface area (TPSA) is 61.0 Å². The van der Waals surface area contributed by atoms with Gasteiger partial charge in [0.25, 0.3) is 0 Å². The molecule has 1 aromatic heterocycles. The van der Waals surface area contributed by atoms with E-state index in [-0.39, 0.29) is 0 Å². The van der Waals surface area contributed by atoms with Crippen LogP contribution in [0.5, 0.6) is 0 Å². The molecule has 0 saturated carbocycles. The number of rotatable bonds is 4. The third-order valence-electron chi connectivity index (χ3n) is 3.66. The lowest BCUT2D eigenvalue weighted by Crippen LogP contribution is -2.18. The maximum Gasteiger partial charge on any atom is 0.132 e. The van der Waals surface area contributed by atoms with Gasteiger partial charge in [-0.15, -0.1) is 0 Å². The summed E-state index contributed by atoms with van der Waals surface area (Å²) < 4.78 is 5.39. The largest absolute Gasteiger partial charge is 0.381 e. The average Bonchev–Trinajstić information content (AvgIpc) is 2.39. The van der Waals surface area contributed by atoms with Gasteiger partial charge in [-0.05, 0) is 51.6 Å². The van der Waals surface area contributed by atoms with Crippen LogP contribution in [-0.4, -0.2) is 29.7 Å². The van der Waals surface area contributed by atoms with Gasteiger partial charge in [0.15, 0.2) is 0 Å². The molecule has 1 aliphatic rings. The van der Waals surface area contributed by atoms with Gasteiger partial charge in [0.05, 0.1) is 0 Å². The maximum atomic E-state index is 5.57. The van der Waals surface area contributed by atoms with E-state index in [9.17, 15) is 0 Å². The van der Waals surface area contributed by atoms with E-state index < -0.39 is 0 Å². The highest BCUT2D eigenvalue weighted by molar-refractivity contribution is 5.25. The summed E-state index contributed by atoms with van der Waals surface area (Å²) in [4.78, 5) is 9.41. The first-order valence-corrected chi connectivity index (χ1v) is 6.84. The summed E-state index contributed by atoms with van der Waals surface area (Å²) in [5.74, 6) is 1.48. The number of nitrogens with two attached hydrogens (primary N) is 1. The van der Waals surface area contributed by atoms with Crippen molar-refractivity contribution in [3.05, 3.63) is 22.8 Å². The maximum absolute atomic E-state index is 5.57. The van der Waals surface area contributed by atoms with Crippen molar-refractivity contribution in [3.63, 3.8) is 0 Å². The minimum atomic E-state index is 0.472. The Bertz CT molecular complexity index is 377. The third kappa shape index (κ3) is 3.06. The Kier molecular flexibility index (Phi) is 4.66. The summed E-state index contributed by atoms with van der Waals surface area (Å²) in [6.07, 6.45) is 4.08. The van der Waals surface area contributed by atoms with Gasteiger partial charge in [0.2, 0.25) is 0 Å². The molecule has 1 fully saturated rings. The van der Waals surface area contributed by atoms with Crippen LogP contribution in [0.2, 0.25) is 0 Å². The van der Waals surface area contributed by atoms with Crippen LogP contribution in [0.4, 0.5) is 0 Å². The lowest BCUT2D eigenvalue weighted by atomic mass is 9.98. The molecule has 0 aromatic carbocycles. The van der Waals surface area contributed by atoms with Crippen LogP contribution in [0.3, 0.4) is 0 Å². The van der Waals surface area contributed by atoms with Crippen molar-refractivity contribution < 1.29 is 4.74 Å². The number of aromatic nitrogens is 2. The zero-order valence-electron chi connectivity index (χ0n) is 11.4. The highest BCUT2D eigenvalue weighted by Crippen LogP contribution is 2.25. The van der Waals surface area contributed by atoms with E-state index in [1.54, 1.807) is 0 Å². The summed E-state index contributed by atoms with van der Waals surface area (Å²) in [6.45, 7) is 6.56. The zero-order chi connectivity index (χ0) is 13.0. The van der Waals surface area contributed by atoms with Crippen LogP contribution in [0.25, 0.3) is 0 Å². The summed E-state index contributed by atoms with van der Waals surface area (Å²) in [5.41, 5.74) is 9.09. The van der Waals surface area contributed by atoms with Gasteiger partial charge in [-0.3, -0.25) is 0 Å². The fraction of sp³-hybridized carbons (Fsp3) is 0.714. The van der Waals surface area contributed by atoms with Crippen molar-refractivity contribution in [1.29, 1.82) is 0 Å². The molecule has 0 spiro atoms. The lowest BCUT2D eigenvalue weighted by Gasteiger charge is -2.22. The van der Waals surface area contributed by atoms with E-state index in [2.05, 4.69) is 13.8 Å². The zero-order valence-corrected chi connectivity index (χ0v) is 11.4. The molecule has 0 aliphatic carbocycles. The SMILES string of the molecule is Cc1nc(C2CCOCC2)nc(C)c1CCCN. The summed E-state index contributed by atoms with van der Waals surface area (Å²) >= 11 is 0. The average molecular weight is 249 g/mol. The molecule has 1 aliphatic heterocycles. The molecule has 0 amide bonds. The second-order valence-corrected chi connectivity index (χ2v) is 5.01. The predicted octanol–water partition coefficient (Wildman–Crippen LogP) is 1.88. The van der Waals surface area contributed by atoms with E-state index in [4.69, 9.17) is 20.4 Å². The van der Waals surface area contributed by atoms with Crippen molar-refractivity contribution in [1.82, 2.24) is 9.97 Å². The Morgan fingerprint density at radius 3 is 2.33 bits per heavy atom. The smallest absolute Gasteiger partial charge is 0.132 e. The molecule has 4 heteroatoms. The van der Waals surface area contributed by atoms with Crippen molar-refractivity contribution in [2.24, 2.45) is 5.73 Å². The van der Waals surface area contributed by atoms with E-state index in [0.29, 0.717) is 5.92 Å². The molecule has 2 heterocycles. The first-order chi connectivity index (χ1) is 8.72. The third-order valence-corrected chi connectivity index (χ3v) is 3.66. The number of aryl methyl sites for hydroxylation is 2. The highest BCUT2D eigenvalue weighted by atomic mass is 16.5. The molecule has 1 saturated heterocycles. The number of nitrogens with zero attached hydrogens (tertiary/aromatic N) is 2. The predicted molar refractivity (Wildman–Crippen MR) is 71.7 cm³/mol. The molecular weight excluding hydrogens is 226 g/mol. The molecule has 0 unspecified atom stereocenters. The minimum Gasteiger partial charge on any atom is -0.381 e. The summed E-state index contributed by atoms with van der Waals surface area (Å²) in [6, 6.07) is 0. The molecule has 18 heavy (non-hydrogen) atoms. The van der Waals surface area contributed by atoms with E-state index in [1.165, 1.54) is 5.56 Å². The molecule has 4 nitrogen and oxygen atoms in total. The number of ether oxygens (including phenoxy) is 1. The van der Waals surface area contributed by atoms with Crippen LogP contribution in [0.15, 0.2) is 0 Å². The van der Waals surface area contributed by atoms with Crippen molar-refractivity contribution in [2.75, 3.05) is 19.8 Å². The van der Waals surface area contributed by atoms with Gasteiger partial charge >= 0.3 is 0 Å². The van der Waals surface area contributed by atoms with E-state index in [0.717, 1.165) is 62.7 Å². The van der Waals surface area contributed by atoms with E-state index >= 15 is 0 Å². The van der Waals surface area contributed by atoms with Gasteiger partial charge < -0.3 is 10.5 Å². The van der Waals surface area contributed by atoms with Gasteiger partial charge in [0, 0.05) is 30.5 Å². The van der Waals surface area contributed by atoms with Crippen LogP contribution < -0.4 is 5.73 Å². The molecule has 0 bridgehead atoms. The van der Waals surface area contributed by atoms with Gasteiger partial charge in [-0.1, -0.05) is 0 Å². The molecule has 2 rings (SSSR count). The Morgan fingerprint density at radius 1 is 1.17 bits per heavy atom. The molecule has 1 aromatic rings. The number of hydrogen-bond acceptors (Lipinski definition) is 4. The van der Waals surface area contributed by atoms with Crippen LogP contribution >= 0.6 is 0 Å². The second-order valence-electron chi connectivity index (χ2n) is 5.01. The first kappa shape index (κ1) is 13.4. The van der Waals surface area contributed by atoms with Crippen LogP contribution in [0.1, 0.15) is 48.0 Å². The fourth-order valence-electron chi connectivity index (χ4n) is 2.54. The molecule has 2 N–H and O–H groups in total. The van der Waals surface area contributed by atoms with Gasteiger partial charge in [-0.2, -0.15) is 0 Å². The highest BCUT2D eigenvalue weighted by Gasteiger charge is 2.20. The minimum absolute atomic E-state index is 0.472. The van der Waals surface area contributed by atoms with E-state index in [1.807, 2.05) is 0 Å². The monoisotopic (exact) mass is 249 g/mol. The number of hydrogen-bond donors (Lipinski definition) is 1. The molecule has 100 valence electrons. The van der Waals surface area contributed by atoms with Crippen molar-refractivity contribution in [2.45, 2.75) is 45.4 Å². The molecule has 0 atom stereocenters. The fourth-order valence-corrected chi connectivity index (χ4v) is 2.54. The standard InChI is InChI=1S/C14H23N3O/c1-10-13(4-3-7-15)11(2)17-14(16-10)12-5-8-18-9-6-12/h12H,3-9,15H2,1-2H3. The summed E-state index contributed by atoms with van der Waals surface area (Å²) in [7, 11) is 0. The first-order valence-electron chi connectivity index (χ1n) is 6.84. The molecular formula is C14H23N3O. The summed E-state index contributed by atoms with van der Waals surface area (Å²) in [5, 5.41) is 0. The normalized spacial score (nSPS) is 17.1. The van der Waals surface area contributed by atoms with Crippen LogP contribution in [0, 0.1) is 13.8 Å². The Hall–Kier alpha value is -1.00. The molecule has 0 radical (unpaired) electrons. The van der Waals surface area contributed by atoms with Gasteiger partial charge in [0.1, 0.15) is 5.82 Å². The Morgan fingerprint density at radius 2 is 1.78 bits per heavy atom. The quantitative estimate of drug-likeness (QED) is 0.885. The lowest BCUT2D eigenvalue weighted by molar-refractivity contribution is 0.0835. The Labute approximate surface area is 109 Å². The second kappa shape index (κ2) is 6.25. The van der Waals surface area contributed by atoms with Crippen molar-refractivity contribution >= 4 is 0 Å². The van der Waals surface area contributed by atoms with Gasteiger partial charge in [-0.25, -0.2) is 9.97 Å². The Balaban J connectivity index is 2.18.